The Morgan fingerprint density at radius 3 is 2.48 bits per heavy atom. The number of hydrogen-bond donors (Lipinski definition) is 2. The zero-order valence-corrected chi connectivity index (χ0v) is 17.9. The maximum absolute atomic E-state index is 12.4. The molecule has 1 heterocycles. The Morgan fingerprint density at radius 2 is 1.83 bits per heavy atom. The lowest BCUT2D eigenvalue weighted by atomic mass is 10.1. The van der Waals surface area contributed by atoms with Crippen molar-refractivity contribution in [3.05, 3.63) is 57.9 Å². The van der Waals surface area contributed by atoms with Gasteiger partial charge >= 0.3 is 0 Å². The van der Waals surface area contributed by atoms with E-state index in [0.29, 0.717) is 32.3 Å². The third kappa shape index (κ3) is 5.69. The van der Waals surface area contributed by atoms with Crippen molar-refractivity contribution < 1.29 is 14.3 Å². The summed E-state index contributed by atoms with van der Waals surface area (Å²) in [5, 5.41) is 8.55. The number of nitrogens with zero attached hydrogens (tertiary/aromatic N) is 1. The molecule has 29 heavy (non-hydrogen) atoms. The highest BCUT2D eigenvalue weighted by Gasteiger charge is 2.18. The molecule has 0 radical (unpaired) electrons. The summed E-state index contributed by atoms with van der Waals surface area (Å²) in [4.78, 5) is 27.9. The number of hydrogen-bond acceptors (Lipinski definition) is 5. The third-order valence-electron chi connectivity index (χ3n) is 3.80. The molecule has 0 fully saturated rings. The number of aromatic nitrogens is 1. The quantitative estimate of drug-likeness (QED) is 0.521. The fraction of sp³-hybridized carbons (Fsp3) is 0.150. The van der Waals surface area contributed by atoms with Crippen LogP contribution in [0.4, 0.5) is 10.8 Å². The first-order valence-corrected chi connectivity index (χ1v) is 10.2. The highest BCUT2D eigenvalue weighted by molar-refractivity contribution is 7.14. The summed E-state index contributed by atoms with van der Waals surface area (Å²) in [7, 11) is 0. The minimum absolute atomic E-state index is 0.132. The molecule has 3 rings (SSSR count). The van der Waals surface area contributed by atoms with Gasteiger partial charge < -0.3 is 10.1 Å². The second-order valence-electron chi connectivity index (χ2n) is 6.12. The van der Waals surface area contributed by atoms with E-state index in [0.717, 1.165) is 5.56 Å². The molecular formula is C20H17Cl2N3O3S. The average molecular weight is 450 g/mol. The van der Waals surface area contributed by atoms with Gasteiger partial charge in [-0.2, -0.15) is 0 Å². The topological polar surface area (TPSA) is 80.3 Å². The van der Waals surface area contributed by atoms with Crippen LogP contribution in [-0.2, 0) is 9.59 Å². The largest absolute Gasteiger partial charge is 0.479 e. The molecule has 0 aliphatic carbocycles. The Kier molecular flexibility index (Phi) is 6.74. The minimum Gasteiger partial charge on any atom is -0.479 e. The second kappa shape index (κ2) is 9.26. The maximum atomic E-state index is 12.4. The number of amides is 2. The number of nitrogens with one attached hydrogen (secondary N) is 2. The van der Waals surface area contributed by atoms with Crippen LogP contribution in [0.1, 0.15) is 13.8 Å². The van der Waals surface area contributed by atoms with E-state index < -0.39 is 6.10 Å². The number of rotatable bonds is 6. The lowest BCUT2D eigenvalue weighted by Gasteiger charge is -2.14. The van der Waals surface area contributed by atoms with Crippen LogP contribution < -0.4 is 15.4 Å². The molecule has 9 heteroatoms. The minimum atomic E-state index is -0.780. The summed E-state index contributed by atoms with van der Waals surface area (Å²) in [6, 6.07) is 12.1. The molecule has 1 aromatic heterocycles. The first-order chi connectivity index (χ1) is 13.8. The fourth-order valence-electron chi connectivity index (χ4n) is 2.41. The van der Waals surface area contributed by atoms with Gasteiger partial charge in [-0.25, -0.2) is 4.98 Å². The van der Waals surface area contributed by atoms with E-state index in [-0.39, 0.29) is 11.8 Å². The molecule has 6 nitrogen and oxygen atoms in total. The lowest BCUT2D eigenvalue weighted by Crippen LogP contribution is -2.30. The summed E-state index contributed by atoms with van der Waals surface area (Å²) < 4.78 is 5.61. The van der Waals surface area contributed by atoms with Gasteiger partial charge in [-0.3, -0.25) is 14.9 Å². The molecule has 150 valence electrons. The summed E-state index contributed by atoms with van der Waals surface area (Å²) >= 11 is 13.2. The Hall–Kier alpha value is -2.61. The predicted molar refractivity (Wildman–Crippen MR) is 117 cm³/mol. The fourth-order valence-corrected chi connectivity index (χ4v) is 3.59. The lowest BCUT2D eigenvalue weighted by molar-refractivity contribution is -0.122. The molecule has 0 bridgehead atoms. The number of carbonyl (C=O) groups is 2. The Bertz CT molecular complexity index is 1040. The van der Waals surface area contributed by atoms with Crippen LogP contribution in [0.2, 0.25) is 10.0 Å². The molecule has 0 spiro atoms. The number of carbonyl (C=O) groups excluding carboxylic acids is 2. The van der Waals surface area contributed by atoms with Gasteiger partial charge in [-0.15, -0.1) is 11.3 Å². The summed E-state index contributed by atoms with van der Waals surface area (Å²) in [6.45, 7) is 3.07. The van der Waals surface area contributed by atoms with E-state index in [1.54, 1.807) is 37.3 Å². The van der Waals surface area contributed by atoms with Crippen LogP contribution in [0.25, 0.3) is 11.3 Å². The van der Waals surface area contributed by atoms with Gasteiger partial charge in [0, 0.05) is 28.6 Å². The molecule has 2 amide bonds. The Balaban J connectivity index is 1.63. The standard InChI is InChI=1S/C20H17Cl2N3O3S/c1-11(28-18-8-5-14(21)9-16(18)22)19(27)25-20-24-17(10-29-20)13-3-6-15(7-4-13)23-12(2)26/h3-11H,1-2H3,(H,23,26)(H,24,25,27). The second-order valence-corrected chi connectivity index (χ2v) is 7.82. The van der Waals surface area contributed by atoms with Crippen LogP contribution in [0.3, 0.4) is 0 Å². The van der Waals surface area contributed by atoms with E-state index in [4.69, 9.17) is 27.9 Å². The molecule has 0 saturated carbocycles. The molecule has 2 N–H and O–H groups in total. The highest BCUT2D eigenvalue weighted by atomic mass is 35.5. The van der Waals surface area contributed by atoms with Crippen LogP contribution in [0.5, 0.6) is 5.75 Å². The number of halogens is 2. The highest BCUT2D eigenvalue weighted by Crippen LogP contribution is 2.29. The van der Waals surface area contributed by atoms with E-state index in [9.17, 15) is 9.59 Å². The zero-order chi connectivity index (χ0) is 21.0. The van der Waals surface area contributed by atoms with Crippen LogP contribution in [0, 0.1) is 0 Å². The molecule has 0 aliphatic rings. The maximum Gasteiger partial charge on any atom is 0.266 e. The van der Waals surface area contributed by atoms with Crippen molar-refractivity contribution in [2.24, 2.45) is 0 Å². The smallest absolute Gasteiger partial charge is 0.266 e. The number of thiazole rings is 1. The van der Waals surface area contributed by atoms with Crippen molar-refractivity contribution in [3.8, 4) is 17.0 Å². The molecular weight excluding hydrogens is 433 g/mol. The Labute approximate surface area is 181 Å². The zero-order valence-electron chi connectivity index (χ0n) is 15.5. The monoisotopic (exact) mass is 449 g/mol. The molecule has 1 unspecified atom stereocenters. The average Bonchev–Trinajstić information content (AvgIpc) is 3.12. The van der Waals surface area contributed by atoms with Crippen LogP contribution in [0.15, 0.2) is 47.8 Å². The van der Waals surface area contributed by atoms with Crippen molar-refractivity contribution in [2.75, 3.05) is 10.6 Å². The van der Waals surface area contributed by atoms with E-state index in [1.165, 1.54) is 18.3 Å². The first-order valence-electron chi connectivity index (χ1n) is 8.58. The molecule has 2 aromatic carbocycles. The van der Waals surface area contributed by atoms with Crippen molar-refractivity contribution in [1.82, 2.24) is 4.98 Å². The molecule has 0 aliphatic heterocycles. The van der Waals surface area contributed by atoms with Crippen molar-refractivity contribution in [1.29, 1.82) is 0 Å². The van der Waals surface area contributed by atoms with Crippen molar-refractivity contribution in [2.45, 2.75) is 20.0 Å². The number of benzene rings is 2. The SMILES string of the molecule is CC(=O)Nc1ccc(-c2csc(NC(=O)C(C)Oc3ccc(Cl)cc3Cl)n2)cc1. The van der Waals surface area contributed by atoms with Gasteiger partial charge in [0.2, 0.25) is 5.91 Å². The first kappa shape index (κ1) is 21.1. The normalized spacial score (nSPS) is 11.6. The molecule has 3 aromatic rings. The van der Waals surface area contributed by atoms with Crippen LogP contribution >= 0.6 is 34.5 Å². The van der Waals surface area contributed by atoms with Gasteiger partial charge in [-0.1, -0.05) is 35.3 Å². The predicted octanol–water partition coefficient (Wildman–Crippen LogP) is 5.48. The molecule has 1 atom stereocenters. The van der Waals surface area contributed by atoms with Crippen molar-refractivity contribution in [3.63, 3.8) is 0 Å². The summed E-state index contributed by atoms with van der Waals surface area (Å²) in [6.07, 6.45) is -0.780. The van der Waals surface area contributed by atoms with E-state index >= 15 is 0 Å². The van der Waals surface area contributed by atoms with E-state index in [2.05, 4.69) is 15.6 Å². The summed E-state index contributed by atoms with van der Waals surface area (Å²) in [5.41, 5.74) is 2.29. The number of anilines is 2. The van der Waals surface area contributed by atoms with Crippen molar-refractivity contribution >= 4 is 57.2 Å². The van der Waals surface area contributed by atoms with E-state index in [1.807, 2.05) is 17.5 Å². The van der Waals surface area contributed by atoms with Gasteiger partial charge in [-0.05, 0) is 37.3 Å². The summed E-state index contributed by atoms with van der Waals surface area (Å²) in [5.74, 6) is -0.108. The third-order valence-corrected chi connectivity index (χ3v) is 5.09. The van der Waals surface area contributed by atoms with Gasteiger partial charge in [0.25, 0.3) is 5.91 Å². The van der Waals surface area contributed by atoms with Gasteiger partial charge in [0.15, 0.2) is 11.2 Å². The molecule has 0 saturated heterocycles. The number of ether oxygens (including phenoxy) is 1. The van der Waals surface area contributed by atoms with Gasteiger partial charge in [0.05, 0.1) is 10.7 Å². The van der Waals surface area contributed by atoms with Crippen LogP contribution in [-0.4, -0.2) is 22.9 Å². The van der Waals surface area contributed by atoms with Gasteiger partial charge in [0.1, 0.15) is 5.75 Å². The Morgan fingerprint density at radius 1 is 1.10 bits per heavy atom.